The van der Waals surface area contributed by atoms with E-state index in [9.17, 15) is 9.59 Å². The molecule has 7 heteroatoms. The number of rotatable bonds is 6. The fraction of sp³-hybridized carbons (Fsp3) is 0.0455. The maximum Gasteiger partial charge on any atom is 0.343 e. The van der Waals surface area contributed by atoms with Crippen LogP contribution in [-0.4, -0.2) is 19.0 Å². The first-order valence-corrected chi connectivity index (χ1v) is 9.25. The van der Waals surface area contributed by atoms with Crippen molar-refractivity contribution in [1.29, 1.82) is 5.26 Å². The van der Waals surface area contributed by atoms with Gasteiger partial charge in [0, 0.05) is 4.90 Å². The van der Waals surface area contributed by atoms with Crippen molar-refractivity contribution < 1.29 is 23.8 Å². The number of hydrogen-bond donors (Lipinski definition) is 0. The number of thiocyanates is 1. The number of carbonyl (C=O) groups is 2. The summed E-state index contributed by atoms with van der Waals surface area (Å²) in [5.41, 5.74) is 0.692. The fourth-order valence-corrected chi connectivity index (χ4v) is 2.72. The Morgan fingerprint density at radius 2 is 1.14 bits per heavy atom. The van der Waals surface area contributed by atoms with Crippen LogP contribution in [0.5, 0.6) is 17.2 Å². The lowest BCUT2D eigenvalue weighted by Crippen LogP contribution is -2.10. The maximum atomic E-state index is 12.2. The lowest BCUT2D eigenvalue weighted by atomic mass is 10.2. The highest BCUT2D eigenvalue weighted by atomic mass is 32.2. The zero-order valence-corrected chi connectivity index (χ0v) is 16.1. The summed E-state index contributed by atoms with van der Waals surface area (Å²) >= 11 is 1.02. The van der Waals surface area contributed by atoms with E-state index in [0.717, 1.165) is 16.7 Å². The number of ether oxygens (including phenoxy) is 3. The van der Waals surface area contributed by atoms with Crippen LogP contribution in [0.25, 0.3) is 0 Å². The van der Waals surface area contributed by atoms with Crippen molar-refractivity contribution in [3.8, 4) is 22.6 Å². The number of methoxy groups -OCH3 is 1. The van der Waals surface area contributed by atoms with Crippen LogP contribution in [-0.2, 0) is 0 Å². The molecule has 3 aromatic rings. The second-order valence-corrected chi connectivity index (χ2v) is 6.55. The number of esters is 2. The van der Waals surface area contributed by atoms with Gasteiger partial charge >= 0.3 is 11.9 Å². The Kier molecular flexibility index (Phi) is 6.51. The molecule has 0 aliphatic heterocycles. The largest absolute Gasteiger partial charge is 0.497 e. The lowest BCUT2D eigenvalue weighted by molar-refractivity contribution is 0.0730. The minimum atomic E-state index is -0.543. The van der Waals surface area contributed by atoms with E-state index < -0.39 is 11.9 Å². The van der Waals surface area contributed by atoms with E-state index in [4.69, 9.17) is 19.5 Å². The summed E-state index contributed by atoms with van der Waals surface area (Å²) < 4.78 is 15.6. The van der Waals surface area contributed by atoms with Crippen LogP contribution in [0.3, 0.4) is 0 Å². The SMILES string of the molecule is COc1ccc(C(=O)Oc2ccc(C(=O)Oc3ccc(SC#N)cc3)cc2)cc1. The molecule has 0 saturated heterocycles. The van der Waals surface area contributed by atoms with Gasteiger partial charge in [0.15, 0.2) is 0 Å². The summed E-state index contributed by atoms with van der Waals surface area (Å²) in [7, 11) is 1.54. The van der Waals surface area contributed by atoms with Crippen molar-refractivity contribution >= 4 is 23.7 Å². The van der Waals surface area contributed by atoms with Crippen LogP contribution < -0.4 is 14.2 Å². The zero-order valence-electron chi connectivity index (χ0n) is 15.3. The molecule has 144 valence electrons. The molecule has 0 aromatic heterocycles. The second kappa shape index (κ2) is 9.44. The van der Waals surface area contributed by atoms with Crippen LogP contribution in [0.1, 0.15) is 20.7 Å². The molecule has 0 fully saturated rings. The summed E-state index contributed by atoms with van der Waals surface area (Å²) in [6, 6.07) is 19.2. The number of hydrogen-bond acceptors (Lipinski definition) is 7. The van der Waals surface area contributed by atoms with Gasteiger partial charge in [0.2, 0.25) is 0 Å². The van der Waals surface area contributed by atoms with Crippen molar-refractivity contribution in [1.82, 2.24) is 0 Å². The molecule has 3 aromatic carbocycles. The van der Waals surface area contributed by atoms with E-state index in [1.807, 2.05) is 5.40 Å². The summed E-state index contributed by atoms with van der Waals surface area (Å²) in [6.07, 6.45) is 0. The predicted molar refractivity (Wildman–Crippen MR) is 107 cm³/mol. The van der Waals surface area contributed by atoms with E-state index >= 15 is 0 Å². The minimum absolute atomic E-state index is 0.306. The molecular weight excluding hydrogens is 390 g/mol. The third-order valence-corrected chi connectivity index (χ3v) is 4.42. The molecule has 0 saturated carbocycles. The quantitative estimate of drug-likeness (QED) is 0.254. The maximum absolute atomic E-state index is 12.2. The van der Waals surface area contributed by atoms with Gasteiger partial charge in [0.1, 0.15) is 22.6 Å². The van der Waals surface area contributed by atoms with Gasteiger partial charge in [-0.05, 0) is 84.6 Å². The highest BCUT2D eigenvalue weighted by molar-refractivity contribution is 8.03. The average molecular weight is 405 g/mol. The van der Waals surface area contributed by atoms with Gasteiger partial charge in [-0.25, -0.2) is 9.59 Å². The Balaban J connectivity index is 1.60. The fourth-order valence-electron chi connectivity index (χ4n) is 2.35. The van der Waals surface area contributed by atoms with Gasteiger partial charge in [-0.15, -0.1) is 0 Å². The lowest BCUT2D eigenvalue weighted by Gasteiger charge is -2.07. The normalized spacial score (nSPS) is 9.93. The highest BCUT2D eigenvalue weighted by Gasteiger charge is 2.12. The average Bonchev–Trinajstić information content (AvgIpc) is 2.76. The van der Waals surface area contributed by atoms with Crippen molar-refractivity contribution in [2.45, 2.75) is 4.90 Å². The molecule has 6 nitrogen and oxygen atoms in total. The van der Waals surface area contributed by atoms with Crippen molar-refractivity contribution in [2.24, 2.45) is 0 Å². The Labute approximate surface area is 171 Å². The van der Waals surface area contributed by atoms with Crippen molar-refractivity contribution in [2.75, 3.05) is 7.11 Å². The van der Waals surface area contributed by atoms with Crippen LogP contribution in [0.15, 0.2) is 77.7 Å². The van der Waals surface area contributed by atoms with Crippen LogP contribution in [0.4, 0.5) is 0 Å². The summed E-state index contributed by atoms with van der Waals surface area (Å²) in [6.45, 7) is 0. The first-order valence-electron chi connectivity index (χ1n) is 8.43. The third kappa shape index (κ3) is 5.37. The van der Waals surface area contributed by atoms with E-state index in [2.05, 4.69) is 0 Å². The second-order valence-electron chi connectivity index (χ2n) is 5.70. The Hall–Kier alpha value is -3.76. The van der Waals surface area contributed by atoms with Crippen molar-refractivity contribution in [3.63, 3.8) is 0 Å². The topological polar surface area (TPSA) is 85.6 Å². The van der Waals surface area contributed by atoms with Gasteiger partial charge in [-0.3, -0.25) is 0 Å². The molecule has 0 unspecified atom stereocenters. The van der Waals surface area contributed by atoms with Gasteiger partial charge in [-0.2, -0.15) is 5.26 Å². The van der Waals surface area contributed by atoms with Gasteiger partial charge in [0.05, 0.1) is 18.2 Å². The van der Waals surface area contributed by atoms with Gasteiger partial charge in [-0.1, -0.05) is 0 Å². The molecule has 0 bridgehead atoms. The number of nitriles is 1. The minimum Gasteiger partial charge on any atom is -0.497 e. The number of nitrogens with zero attached hydrogens (tertiary/aromatic N) is 1. The molecule has 0 heterocycles. The highest BCUT2D eigenvalue weighted by Crippen LogP contribution is 2.22. The summed E-state index contributed by atoms with van der Waals surface area (Å²) in [5, 5.41) is 10.6. The Bertz CT molecular complexity index is 1040. The molecule has 29 heavy (non-hydrogen) atoms. The molecule has 3 rings (SSSR count). The number of benzene rings is 3. The first kappa shape index (κ1) is 20.0. The number of carbonyl (C=O) groups excluding carboxylic acids is 2. The monoisotopic (exact) mass is 405 g/mol. The third-order valence-electron chi connectivity index (χ3n) is 3.82. The summed E-state index contributed by atoms with van der Waals surface area (Å²) in [4.78, 5) is 25.2. The Morgan fingerprint density at radius 1 is 0.724 bits per heavy atom. The van der Waals surface area contributed by atoms with E-state index in [1.165, 1.54) is 24.3 Å². The predicted octanol–water partition coefficient (Wildman–Crippen LogP) is 4.71. The molecule has 0 aliphatic rings. The number of thioether (sulfide) groups is 1. The summed E-state index contributed by atoms with van der Waals surface area (Å²) in [5.74, 6) is 0.257. The zero-order chi connectivity index (χ0) is 20.6. The molecule has 0 radical (unpaired) electrons. The molecular formula is C22H15NO5S. The molecule has 0 amide bonds. The van der Waals surface area contributed by atoms with Gasteiger partial charge < -0.3 is 14.2 Å². The van der Waals surface area contributed by atoms with E-state index in [0.29, 0.717) is 28.4 Å². The van der Waals surface area contributed by atoms with Crippen LogP contribution >= 0.6 is 11.8 Å². The van der Waals surface area contributed by atoms with Crippen molar-refractivity contribution in [3.05, 3.63) is 83.9 Å². The van der Waals surface area contributed by atoms with E-state index in [1.54, 1.807) is 55.6 Å². The molecule has 0 atom stereocenters. The molecule has 0 N–H and O–H groups in total. The standard InChI is InChI=1S/C22H15NO5S/c1-26-17-6-2-15(3-7-17)21(24)27-18-8-4-16(5-9-18)22(25)28-19-10-12-20(13-11-19)29-14-23/h2-13H,1H3. The first-order chi connectivity index (χ1) is 14.1. The van der Waals surface area contributed by atoms with Gasteiger partial charge in [0.25, 0.3) is 0 Å². The molecule has 0 aliphatic carbocycles. The van der Waals surface area contributed by atoms with Crippen LogP contribution in [0.2, 0.25) is 0 Å². The Morgan fingerprint density at radius 3 is 1.55 bits per heavy atom. The van der Waals surface area contributed by atoms with Crippen LogP contribution in [0, 0.1) is 10.7 Å². The smallest absolute Gasteiger partial charge is 0.343 e. The molecule has 0 spiro atoms. The van der Waals surface area contributed by atoms with E-state index in [-0.39, 0.29) is 0 Å².